The van der Waals surface area contributed by atoms with Crippen LogP contribution in [-0.2, 0) is 0 Å². The lowest BCUT2D eigenvalue weighted by Crippen LogP contribution is -2.50. The first-order valence-corrected chi connectivity index (χ1v) is 8.77. The predicted octanol–water partition coefficient (Wildman–Crippen LogP) is 2.84. The van der Waals surface area contributed by atoms with Crippen LogP contribution in [0.25, 0.3) is 11.3 Å². The molecule has 1 saturated heterocycles. The van der Waals surface area contributed by atoms with Gasteiger partial charge in [-0.05, 0) is 13.0 Å². The van der Waals surface area contributed by atoms with E-state index >= 15 is 0 Å². The average molecular weight is 365 g/mol. The van der Waals surface area contributed by atoms with Crippen molar-refractivity contribution in [3.63, 3.8) is 0 Å². The van der Waals surface area contributed by atoms with E-state index in [0.29, 0.717) is 48.8 Å². The largest absolute Gasteiger partial charge is 0.472 e. The first kappa shape index (κ1) is 17.1. The van der Waals surface area contributed by atoms with Crippen LogP contribution in [0.1, 0.15) is 26.5 Å². The summed E-state index contributed by atoms with van der Waals surface area (Å²) in [5.74, 6) is 0.292. The normalized spacial score (nSPS) is 14.4. The predicted molar refractivity (Wildman–Crippen MR) is 97.2 cm³/mol. The van der Waals surface area contributed by atoms with Gasteiger partial charge in [0.15, 0.2) is 0 Å². The van der Waals surface area contributed by atoms with Crippen LogP contribution in [0.15, 0.2) is 57.9 Å². The van der Waals surface area contributed by atoms with E-state index in [4.69, 9.17) is 8.94 Å². The van der Waals surface area contributed by atoms with Gasteiger partial charge in [0.25, 0.3) is 11.8 Å². The topological polar surface area (TPSA) is 79.8 Å². The Balaban J connectivity index is 1.49. The SMILES string of the molecule is Cc1onc(-c2ccccc2)c1C(=O)N1CCN(C(=O)c2ccoc2)CC1. The summed E-state index contributed by atoms with van der Waals surface area (Å²) in [6.07, 6.45) is 2.92. The molecule has 0 saturated carbocycles. The van der Waals surface area contributed by atoms with E-state index in [9.17, 15) is 9.59 Å². The molecule has 1 fully saturated rings. The second-order valence-electron chi connectivity index (χ2n) is 6.42. The number of amides is 2. The quantitative estimate of drug-likeness (QED) is 0.713. The minimum Gasteiger partial charge on any atom is -0.472 e. The Bertz CT molecular complexity index is 939. The molecule has 0 radical (unpaired) electrons. The molecule has 1 aliphatic heterocycles. The van der Waals surface area contributed by atoms with Gasteiger partial charge < -0.3 is 18.7 Å². The molecule has 7 heteroatoms. The number of furan rings is 1. The highest BCUT2D eigenvalue weighted by atomic mass is 16.5. The van der Waals surface area contributed by atoms with Crippen molar-refractivity contribution in [1.29, 1.82) is 0 Å². The molecular weight excluding hydrogens is 346 g/mol. The Morgan fingerprint density at radius 3 is 2.26 bits per heavy atom. The fraction of sp³-hybridized carbons (Fsp3) is 0.250. The van der Waals surface area contributed by atoms with Crippen LogP contribution in [0.3, 0.4) is 0 Å². The van der Waals surface area contributed by atoms with Crippen molar-refractivity contribution in [2.75, 3.05) is 26.2 Å². The van der Waals surface area contributed by atoms with E-state index in [0.717, 1.165) is 5.56 Å². The standard InChI is InChI=1S/C20H19N3O4/c1-14-17(18(21-27-14)15-5-3-2-4-6-15)20(25)23-10-8-22(9-11-23)19(24)16-7-12-26-13-16/h2-7,12-13H,8-11H2,1H3. The van der Waals surface area contributed by atoms with E-state index in [1.165, 1.54) is 12.5 Å². The molecule has 7 nitrogen and oxygen atoms in total. The van der Waals surface area contributed by atoms with Gasteiger partial charge in [-0.15, -0.1) is 0 Å². The second kappa shape index (κ2) is 7.11. The fourth-order valence-electron chi connectivity index (χ4n) is 3.26. The zero-order valence-corrected chi connectivity index (χ0v) is 14.9. The highest BCUT2D eigenvalue weighted by Crippen LogP contribution is 2.26. The molecule has 4 rings (SSSR count). The third kappa shape index (κ3) is 3.23. The van der Waals surface area contributed by atoms with E-state index in [1.54, 1.807) is 22.8 Å². The Labute approximate surface area is 156 Å². The van der Waals surface area contributed by atoms with Gasteiger partial charge in [-0.3, -0.25) is 9.59 Å². The molecule has 0 N–H and O–H groups in total. The van der Waals surface area contributed by atoms with Gasteiger partial charge in [-0.2, -0.15) is 0 Å². The molecule has 0 spiro atoms. The van der Waals surface area contributed by atoms with Crippen molar-refractivity contribution < 1.29 is 18.5 Å². The lowest BCUT2D eigenvalue weighted by atomic mass is 10.0. The van der Waals surface area contributed by atoms with Crippen LogP contribution in [-0.4, -0.2) is 52.9 Å². The maximum absolute atomic E-state index is 13.1. The zero-order chi connectivity index (χ0) is 18.8. The number of hydrogen-bond donors (Lipinski definition) is 0. The minimum atomic E-state index is -0.122. The lowest BCUT2D eigenvalue weighted by Gasteiger charge is -2.34. The Morgan fingerprint density at radius 1 is 0.963 bits per heavy atom. The van der Waals surface area contributed by atoms with Crippen LogP contribution in [0, 0.1) is 6.92 Å². The maximum atomic E-state index is 13.1. The summed E-state index contributed by atoms with van der Waals surface area (Å²) in [4.78, 5) is 29.0. The molecule has 1 aliphatic rings. The molecule has 3 aromatic rings. The number of aryl methyl sites for hydroxylation is 1. The second-order valence-corrected chi connectivity index (χ2v) is 6.42. The van der Waals surface area contributed by atoms with Gasteiger partial charge >= 0.3 is 0 Å². The molecule has 3 heterocycles. The average Bonchev–Trinajstić information content (AvgIpc) is 3.38. The molecule has 2 aromatic heterocycles. The van der Waals surface area contributed by atoms with E-state index < -0.39 is 0 Å². The van der Waals surface area contributed by atoms with Crippen molar-refractivity contribution in [1.82, 2.24) is 15.0 Å². The first-order valence-electron chi connectivity index (χ1n) is 8.77. The number of hydrogen-bond acceptors (Lipinski definition) is 5. The number of rotatable bonds is 3. The number of benzene rings is 1. The lowest BCUT2D eigenvalue weighted by molar-refractivity contribution is 0.0534. The van der Waals surface area contributed by atoms with Gasteiger partial charge in [0.05, 0.1) is 11.8 Å². The first-order chi connectivity index (χ1) is 13.1. The maximum Gasteiger partial charge on any atom is 0.259 e. The Hall–Kier alpha value is -3.35. The molecule has 0 aliphatic carbocycles. The van der Waals surface area contributed by atoms with Crippen LogP contribution in [0.4, 0.5) is 0 Å². The smallest absolute Gasteiger partial charge is 0.259 e. The number of piperazine rings is 1. The summed E-state index contributed by atoms with van der Waals surface area (Å²) in [6, 6.07) is 11.1. The highest BCUT2D eigenvalue weighted by molar-refractivity contribution is 6.01. The summed E-state index contributed by atoms with van der Waals surface area (Å²) < 4.78 is 10.3. The molecule has 0 unspecified atom stereocenters. The van der Waals surface area contributed by atoms with Crippen LogP contribution in [0.5, 0.6) is 0 Å². The molecule has 27 heavy (non-hydrogen) atoms. The van der Waals surface area contributed by atoms with E-state index in [-0.39, 0.29) is 11.8 Å². The van der Waals surface area contributed by atoms with E-state index in [1.807, 2.05) is 30.3 Å². The van der Waals surface area contributed by atoms with Crippen molar-refractivity contribution in [3.8, 4) is 11.3 Å². The molecule has 1 aromatic carbocycles. The number of aromatic nitrogens is 1. The minimum absolute atomic E-state index is 0.0815. The third-order valence-corrected chi connectivity index (χ3v) is 4.75. The number of nitrogens with zero attached hydrogens (tertiary/aromatic N) is 3. The molecule has 0 bridgehead atoms. The van der Waals surface area contributed by atoms with Gasteiger partial charge in [-0.25, -0.2) is 0 Å². The van der Waals surface area contributed by atoms with Crippen molar-refractivity contribution in [2.24, 2.45) is 0 Å². The van der Waals surface area contributed by atoms with Crippen molar-refractivity contribution >= 4 is 11.8 Å². The summed E-state index contributed by atoms with van der Waals surface area (Å²) >= 11 is 0. The van der Waals surface area contributed by atoms with Gasteiger partial charge in [-0.1, -0.05) is 35.5 Å². The van der Waals surface area contributed by atoms with Crippen LogP contribution < -0.4 is 0 Å². The van der Waals surface area contributed by atoms with Crippen LogP contribution >= 0.6 is 0 Å². The molecule has 0 atom stereocenters. The van der Waals surface area contributed by atoms with Gasteiger partial charge in [0, 0.05) is 31.7 Å². The number of carbonyl (C=O) groups excluding carboxylic acids is 2. The Kier molecular flexibility index (Phi) is 4.50. The summed E-state index contributed by atoms with van der Waals surface area (Å²) in [7, 11) is 0. The summed E-state index contributed by atoms with van der Waals surface area (Å²) in [5, 5.41) is 4.08. The molecule has 2 amide bonds. The van der Waals surface area contributed by atoms with Crippen molar-refractivity contribution in [3.05, 3.63) is 65.8 Å². The molecular formula is C20H19N3O4. The molecule has 138 valence electrons. The number of carbonyl (C=O) groups is 2. The summed E-state index contributed by atoms with van der Waals surface area (Å²) in [5.41, 5.74) is 2.40. The van der Waals surface area contributed by atoms with Gasteiger partial charge in [0.2, 0.25) is 0 Å². The van der Waals surface area contributed by atoms with E-state index in [2.05, 4.69) is 5.16 Å². The van der Waals surface area contributed by atoms with Crippen LogP contribution in [0.2, 0.25) is 0 Å². The van der Waals surface area contributed by atoms with Gasteiger partial charge in [0.1, 0.15) is 23.3 Å². The summed E-state index contributed by atoms with van der Waals surface area (Å²) in [6.45, 7) is 3.61. The highest BCUT2D eigenvalue weighted by Gasteiger charge is 2.30. The Morgan fingerprint density at radius 2 is 1.63 bits per heavy atom. The monoisotopic (exact) mass is 365 g/mol. The fourth-order valence-corrected chi connectivity index (χ4v) is 3.26. The zero-order valence-electron chi connectivity index (χ0n) is 14.9. The third-order valence-electron chi connectivity index (χ3n) is 4.75. The van der Waals surface area contributed by atoms with Crippen molar-refractivity contribution in [2.45, 2.75) is 6.92 Å².